The normalized spacial score (nSPS) is 16.4. The Morgan fingerprint density at radius 3 is 1.79 bits per heavy atom. The Morgan fingerprint density at radius 1 is 0.893 bits per heavy atom. The molecule has 0 rings (SSSR count). The number of hydrogen-bond acceptors (Lipinski definition) is 7. The summed E-state index contributed by atoms with van der Waals surface area (Å²) in [5.74, 6) is -3.43. The van der Waals surface area contributed by atoms with Crippen LogP contribution in [0.1, 0.15) is 34.1 Å². The van der Waals surface area contributed by atoms with Crippen LogP contribution in [0.15, 0.2) is 0 Å². The van der Waals surface area contributed by atoms with Gasteiger partial charge in [0.1, 0.15) is 18.1 Å². The van der Waals surface area contributed by atoms with Crippen LogP contribution < -0.4 is 21.7 Å². The maximum Gasteiger partial charge on any atom is 0.327 e. The second-order valence-corrected chi connectivity index (χ2v) is 7.70. The fourth-order valence-electron chi connectivity index (χ4n) is 2.17. The summed E-state index contributed by atoms with van der Waals surface area (Å²) in [6, 6.07) is -3.92. The van der Waals surface area contributed by atoms with Crippen LogP contribution in [0.4, 0.5) is 0 Å². The third-order valence-electron chi connectivity index (χ3n) is 4.43. The fourth-order valence-corrected chi connectivity index (χ4v) is 2.67. The zero-order valence-electron chi connectivity index (χ0n) is 16.6. The van der Waals surface area contributed by atoms with Gasteiger partial charge in [-0.2, -0.15) is 25.3 Å². The van der Waals surface area contributed by atoms with Crippen molar-refractivity contribution in [3.8, 4) is 0 Å². The van der Waals surface area contributed by atoms with E-state index in [0.717, 1.165) is 0 Å². The van der Waals surface area contributed by atoms with Gasteiger partial charge in [0.05, 0.1) is 6.04 Å². The number of aliphatic carboxylic acids is 1. The largest absolute Gasteiger partial charge is 0.480 e. The SMILES string of the molecule is CCC(C)C(NC(=O)C(N)C(C)C)C(=O)NC(CS)C(=O)NC(CS)C(=O)O. The van der Waals surface area contributed by atoms with Crippen LogP contribution in [0.2, 0.25) is 0 Å². The number of nitrogens with one attached hydrogen (secondary N) is 3. The van der Waals surface area contributed by atoms with E-state index in [1.54, 1.807) is 20.8 Å². The minimum absolute atomic E-state index is 0.0524. The van der Waals surface area contributed by atoms with Gasteiger partial charge in [-0.1, -0.05) is 34.1 Å². The molecule has 0 radical (unpaired) electrons. The van der Waals surface area contributed by atoms with Crippen molar-refractivity contribution < 1.29 is 24.3 Å². The predicted octanol–water partition coefficient (Wildman–Crippen LogP) is -0.586. The first kappa shape index (κ1) is 26.5. The topological polar surface area (TPSA) is 151 Å². The molecule has 11 heteroatoms. The smallest absolute Gasteiger partial charge is 0.327 e. The first-order valence-electron chi connectivity index (χ1n) is 9.11. The molecule has 162 valence electrons. The minimum atomic E-state index is -1.24. The first-order valence-corrected chi connectivity index (χ1v) is 10.4. The van der Waals surface area contributed by atoms with Gasteiger partial charge in [-0.3, -0.25) is 14.4 Å². The highest BCUT2D eigenvalue weighted by atomic mass is 32.1. The zero-order chi connectivity index (χ0) is 22.0. The summed E-state index contributed by atoms with van der Waals surface area (Å²) in [5, 5.41) is 16.5. The van der Waals surface area contributed by atoms with E-state index in [2.05, 4.69) is 41.2 Å². The summed E-state index contributed by atoms with van der Waals surface area (Å²) in [4.78, 5) is 48.3. The zero-order valence-corrected chi connectivity index (χ0v) is 18.4. The van der Waals surface area contributed by atoms with Gasteiger partial charge < -0.3 is 26.8 Å². The Balaban J connectivity index is 5.23. The van der Waals surface area contributed by atoms with Crippen LogP contribution >= 0.6 is 25.3 Å². The lowest BCUT2D eigenvalue weighted by Crippen LogP contribution is -2.59. The van der Waals surface area contributed by atoms with Crippen LogP contribution in [0.5, 0.6) is 0 Å². The molecule has 0 saturated heterocycles. The number of amides is 3. The standard InChI is InChI=1S/C17H32N4O5S2/c1-5-9(4)13(21-15(23)12(18)8(2)3)16(24)19-10(6-27)14(22)20-11(7-28)17(25)26/h8-13,27-28H,5-7,18H2,1-4H3,(H,19,24)(H,20,22)(H,21,23)(H,25,26). The molecule has 0 aromatic rings. The van der Waals surface area contributed by atoms with Gasteiger partial charge in [0, 0.05) is 11.5 Å². The summed E-state index contributed by atoms with van der Waals surface area (Å²) in [6.45, 7) is 7.25. The Labute approximate surface area is 176 Å². The van der Waals surface area contributed by atoms with E-state index in [4.69, 9.17) is 10.8 Å². The highest BCUT2D eigenvalue weighted by molar-refractivity contribution is 7.80. The average molecular weight is 437 g/mol. The lowest BCUT2D eigenvalue weighted by atomic mass is 9.96. The maximum atomic E-state index is 12.7. The van der Waals surface area contributed by atoms with Gasteiger partial charge >= 0.3 is 5.97 Å². The van der Waals surface area contributed by atoms with Gasteiger partial charge in [0.25, 0.3) is 0 Å². The fraction of sp³-hybridized carbons (Fsp3) is 0.765. The molecule has 0 bridgehead atoms. The van der Waals surface area contributed by atoms with Crippen LogP contribution in [-0.2, 0) is 19.2 Å². The molecule has 0 fully saturated rings. The number of carbonyl (C=O) groups is 4. The number of carboxylic acids is 1. The Bertz CT molecular complexity index is 562. The van der Waals surface area contributed by atoms with Crippen LogP contribution in [0, 0.1) is 11.8 Å². The summed E-state index contributed by atoms with van der Waals surface area (Å²) in [7, 11) is 0. The van der Waals surface area contributed by atoms with Gasteiger partial charge in [-0.05, 0) is 11.8 Å². The van der Waals surface area contributed by atoms with Crippen molar-refractivity contribution in [2.75, 3.05) is 11.5 Å². The molecular formula is C17H32N4O5S2. The van der Waals surface area contributed by atoms with Crippen molar-refractivity contribution in [1.82, 2.24) is 16.0 Å². The second-order valence-electron chi connectivity index (χ2n) is 6.97. The molecular weight excluding hydrogens is 404 g/mol. The molecule has 0 aromatic heterocycles. The first-order chi connectivity index (χ1) is 13.0. The van der Waals surface area contributed by atoms with Crippen molar-refractivity contribution in [1.29, 1.82) is 0 Å². The molecule has 3 amide bonds. The third-order valence-corrected chi connectivity index (χ3v) is 5.16. The summed E-state index contributed by atoms with van der Waals surface area (Å²) >= 11 is 7.94. The van der Waals surface area contributed by atoms with Crippen LogP contribution in [-0.4, -0.2) is 64.5 Å². The van der Waals surface area contributed by atoms with E-state index in [1.165, 1.54) is 0 Å². The van der Waals surface area contributed by atoms with Gasteiger partial charge in [0.15, 0.2) is 0 Å². The maximum absolute atomic E-state index is 12.7. The van der Waals surface area contributed by atoms with E-state index in [0.29, 0.717) is 6.42 Å². The minimum Gasteiger partial charge on any atom is -0.480 e. The highest BCUT2D eigenvalue weighted by Crippen LogP contribution is 2.10. The van der Waals surface area contributed by atoms with Crippen molar-refractivity contribution in [2.24, 2.45) is 17.6 Å². The van der Waals surface area contributed by atoms with Gasteiger partial charge in [0.2, 0.25) is 17.7 Å². The summed E-state index contributed by atoms with van der Waals surface area (Å²) in [6.07, 6.45) is 0.605. The summed E-state index contributed by atoms with van der Waals surface area (Å²) < 4.78 is 0. The third kappa shape index (κ3) is 8.27. The predicted molar refractivity (Wildman–Crippen MR) is 113 cm³/mol. The molecule has 28 heavy (non-hydrogen) atoms. The van der Waals surface area contributed by atoms with Crippen molar-refractivity contribution in [3.05, 3.63) is 0 Å². The number of carbonyl (C=O) groups excluding carboxylic acids is 3. The van der Waals surface area contributed by atoms with E-state index in [-0.39, 0.29) is 23.3 Å². The van der Waals surface area contributed by atoms with Crippen molar-refractivity contribution >= 4 is 48.9 Å². The Hall–Kier alpha value is -1.46. The molecule has 0 aliphatic heterocycles. The quantitative estimate of drug-likeness (QED) is 0.203. The van der Waals surface area contributed by atoms with E-state index < -0.39 is 47.9 Å². The molecule has 5 unspecified atom stereocenters. The lowest BCUT2D eigenvalue weighted by Gasteiger charge is -2.28. The van der Waals surface area contributed by atoms with Crippen LogP contribution in [0.25, 0.3) is 0 Å². The molecule has 0 spiro atoms. The summed E-state index contributed by atoms with van der Waals surface area (Å²) in [5.41, 5.74) is 5.84. The van der Waals surface area contributed by atoms with Crippen molar-refractivity contribution in [3.63, 3.8) is 0 Å². The second kappa shape index (κ2) is 12.9. The van der Waals surface area contributed by atoms with E-state index in [9.17, 15) is 19.2 Å². The van der Waals surface area contributed by atoms with Crippen LogP contribution in [0.3, 0.4) is 0 Å². The molecule has 0 heterocycles. The van der Waals surface area contributed by atoms with Crippen molar-refractivity contribution in [2.45, 2.75) is 58.3 Å². The lowest BCUT2D eigenvalue weighted by molar-refractivity contribution is -0.141. The monoisotopic (exact) mass is 436 g/mol. The van der Waals surface area contributed by atoms with Gasteiger partial charge in [-0.15, -0.1) is 0 Å². The highest BCUT2D eigenvalue weighted by Gasteiger charge is 2.32. The van der Waals surface area contributed by atoms with Gasteiger partial charge in [-0.25, -0.2) is 4.79 Å². The number of hydrogen-bond donors (Lipinski definition) is 7. The Kier molecular flexibility index (Phi) is 12.2. The van der Waals surface area contributed by atoms with E-state index in [1.807, 2.05) is 6.92 Å². The molecule has 0 aromatic carbocycles. The molecule has 9 nitrogen and oxygen atoms in total. The van der Waals surface area contributed by atoms with E-state index >= 15 is 0 Å². The average Bonchev–Trinajstić information content (AvgIpc) is 2.65. The number of nitrogens with two attached hydrogens (primary N) is 1. The molecule has 0 saturated carbocycles. The molecule has 5 atom stereocenters. The molecule has 0 aliphatic rings. The molecule has 6 N–H and O–H groups in total. The number of thiol groups is 2. The Morgan fingerprint density at radius 2 is 1.39 bits per heavy atom. The number of rotatable bonds is 12. The molecule has 0 aliphatic carbocycles. The number of carboxylic acid groups (broad SMARTS) is 1.